The fourth-order valence-electron chi connectivity index (χ4n) is 1.97. The molecule has 0 amide bonds. The highest BCUT2D eigenvalue weighted by molar-refractivity contribution is 5.37. The summed E-state index contributed by atoms with van der Waals surface area (Å²) < 4.78 is 0. The van der Waals surface area contributed by atoms with Crippen molar-refractivity contribution in [2.45, 2.75) is 26.9 Å². The summed E-state index contributed by atoms with van der Waals surface area (Å²) in [6, 6.07) is 9.92. The average molecular weight is 227 g/mol. The summed E-state index contributed by atoms with van der Waals surface area (Å²) >= 11 is 0. The Morgan fingerprint density at radius 2 is 1.82 bits per heavy atom. The molecule has 2 aromatic rings. The number of aryl methyl sites for hydroxylation is 3. The first kappa shape index (κ1) is 11.8. The van der Waals surface area contributed by atoms with Crippen LogP contribution < -0.4 is 0 Å². The molecule has 2 nitrogen and oxygen atoms in total. The number of aliphatic hydroxyl groups excluding tert-OH is 1. The quantitative estimate of drug-likeness (QED) is 0.855. The van der Waals surface area contributed by atoms with E-state index in [2.05, 4.69) is 11.1 Å². The molecule has 17 heavy (non-hydrogen) atoms. The van der Waals surface area contributed by atoms with Gasteiger partial charge in [0.1, 0.15) is 6.10 Å². The van der Waals surface area contributed by atoms with Crippen molar-refractivity contribution in [1.82, 2.24) is 4.98 Å². The van der Waals surface area contributed by atoms with Gasteiger partial charge in [0.2, 0.25) is 0 Å². The van der Waals surface area contributed by atoms with Crippen molar-refractivity contribution < 1.29 is 5.11 Å². The van der Waals surface area contributed by atoms with Gasteiger partial charge in [0.15, 0.2) is 0 Å². The van der Waals surface area contributed by atoms with Gasteiger partial charge in [0.25, 0.3) is 0 Å². The maximum atomic E-state index is 10.4. The lowest BCUT2D eigenvalue weighted by atomic mass is 9.96. The Balaban J connectivity index is 2.43. The number of aromatic nitrogens is 1. The molecule has 0 aliphatic carbocycles. The van der Waals surface area contributed by atoms with Crippen LogP contribution in [0.1, 0.15) is 34.1 Å². The van der Waals surface area contributed by atoms with Gasteiger partial charge < -0.3 is 5.11 Å². The van der Waals surface area contributed by atoms with E-state index in [0.29, 0.717) is 0 Å². The summed E-state index contributed by atoms with van der Waals surface area (Å²) in [5, 5.41) is 10.4. The van der Waals surface area contributed by atoms with Crippen molar-refractivity contribution in [1.29, 1.82) is 0 Å². The summed E-state index contributed by atoms with van der Waals surface area (Å²) in [6.07, 6.45) is 1.16. The lowest BCUT2D eigenvalue weighted by molar-refractivity contribution is 0.219. The highest BCUT2D eigenvalue weighted by atomic mass is 16.3. The first-order valence-corrected chi connectivity index (χ1v) is 5.75. The lowest BCUT2D eigenvalue weighted by Gasteiger charge is -2.15. The van der Waals surface area contributed by atoms with Gasteiger partial charge in [-0.05, 0) is 49.6 Å². The molecule has 88 valence electrons. The number of rotatable bonds is 2. The summed E-state index contributed by atoms with van der Waals surface area (Å²) in [4.78, 5) is 4.14. The predicted octanol–water partition coefficient (Wildman–Crippen LogP) is 3.09. The van der Waals surface area contributed by atoms with Crippen LogP contribution in [0.15, 0.2) is 36.5 Å². The molecule has 0 aliphatic heterocycles. The number of benzene rings is 1. The molecule has 1 heterocycles. The van der Waals surface area contributed by atoms with Crippen LogP contribution in [0.25, 0.3) is 0 Å². The SMILES string of the molecule is Cc1ccc(C)c(C(O)c2ccnc(C)c2)c1. The second kappa shape index (κ2) is 4.68. The number of nitrogens with zero attached hydrogens (tertiary/aromatic N) is 1. The van der Waals surface area contributed by atoms with E-state index in [1.54, 1.807) is 6.20 Å². The first-order valence-electron chi connectivity index (χ1n) is 5.75. The molecule has 0 spiro atoms. The van der Waals surface area contributed by atoms with Gasteiger partial charge >= 0.3 is 0 Å². The highest BCUT2D eigenvalue weighted by Gasteiger charge is 2.13. The zero-order chi connectivity index (χ0) is 12.4. The molecular weight excluding hydrogens is 210 g/mol. The molecule has 1 atom stereocenters. The van der Waals surface area contributed by atoms with E-state index in [1.165, 1.54) is 0 Å². The number of hydrogen-bond donors (Lipinski definition) is 1. The van der Waals surface area contributed by atoms with Crippen molar-refractivity contribution in [3.8, 4) is 0 Å². The molecule has 1 unspecified atom stereocenters. The van der Waals surface area contributed by atoms with Crippen LogP contribution in [-0.2, 0) is 0 Å². The van der Waals surface area contributed by atoms with Crippen LogP contribution in [0.4, 0.5) is 0 Å². The minimum Gasteiger partial charge on any atom is -0.384 e. The molecule has 0 saturated heterocycles. The van der Waals surface area contributed by atoms with Gasteiger partial charge in [0.05, 0.1) is 0 Å². The lowest BCUT2D eigenvalue weighted by Crippen LogP contribution is -2.03. The molecule has 2 heteroatoms. The fourth-order valence-corrected chi connectivity index (χ4v) is 1.97. The van der Waals surface area contributed by atoms with Crippen LogP contribution in [-0.4, -0.2) is 10.1 Å². The van der Waals surface area contributed by atoms with Gasteiger partial charge in [-0.3, -0.25) is 4.98 Å². The number of aliphatic hydroxyl groups is 1. The van der Waals surface area contributed by atoms with Crippen LogP contribution in [0.2, 0.25) is 0 Å². The van der Waals surface area contributed by atoms with E-state index in [4.69, 9.17) is 0 Å². The van der Waals surface area contributed by atoms with Gasteiger partial charge in [-0.15, -0.1) is 0 Å². The minimum absolute atomic E-state index is 0.573. The highest BCUT2D eigenvalue weighted by Crippen LogP contribution is 2.25. The zero-order valence-corrected chi connectivity index (χ0v) is 10.4. The smallest absolute Gasteiger partial charge is 0.104 e. The third-order valence-electron chi connectivity index (χ3n) is 2.97. The molecular formula is C15H17NO. The van der Waals surface area contributed by atoms with Gasteiger partial charge in [-0.25, -0.2) is 0 Å². The standard InChI is InChI=1S/C15H17NO/c1-10-4-5-11(2)14(8-10)15(17)13-6-7-16-12(3)9-13/h4-9,15,17H,1-3H3. The number of hydrogen-bond acceptors (Lipinski definition) is 2. The summed E-state index contributed by atoms with van der Waals surface area (Å²) in [6.45, 7) is 5.98. The summed E-state index contributed by atoms with van der Waals surface area (Å²) in [7, 11) is 0. The third-order valence-corrected chi connectivity index (χ3v) is 2.97. The van der Waals surface area contributed by atoms with Crippen molar-refractivity contribution in [2.75, 3.05) is 0 Å². The Morgan fingerprint density at radius 1 is 1.06 bits per heavy atom. The summed E-state index contributed by atoms with van der Waals surface area (Å²) in [5.74, 6) is 0. The second-order valence-corrected chi connectivity index (χ2v) is 4.49. The normalized spacial score (nSPS) is 12.5. The predicted molar refractivity (Wildman–Crippen MR) is 69.0 cm³/mol. The van der Waals surface area contributed by atoms with Crippen LogP contribution >= 0.6 is 0 Å². The van der Waals surface area contributed by atoms with Crippen molar-refractivity contribution >= 4 is 0 Å². The molecule has 1 N–H and O–H groups in total. The Kier molecular flexibility index (Phi) is 3.25. The van der Waals surface area contributed by atoms with E-state index in [0.717, 1.165) is 27.9 Å². The van der Waals surface area contributed by atoms with Crippen molar-refractivity contribution in [2.24, 2.45) is 0 Å². The first-order chi connectivity index (χ1) is 8.08. The molecule has 1 aromatic heterocycles. The van der Waals surface area contributed by atoms with Gasteiger partial charge in [-0.1, -0.05) is 23.8 Å². The largest absolute Gasteiger partial charge is 0.384 e. The second-order valence-electron chi connectivity index (χ2n) is 4.49. The fraction of sp³-hybridized carbons (Fsp3) is 0.267. The molecule has 0 saturated carbocycles. The number of pyridine rings is 1. The monoisotopic (exact) mass is 227 g/mol. The van der Waals surface area contributed by atoms with Crippen LogP contribution in [0.3, 0.4) is 0 Å². The molecule has 0 radical (unpaired) electrons. The van der Waals surface area contributed by atoms with Crippen molar-refractivity contribution in [3.63, 3.8) is 0 Å². The molecule has 0 fully saturated rings. The minimum atomic E-state index is -0.573. The topological polar surface area (TPSA) is 33.1 Å². The molecule has 1 aromatic carbocycles. The molecule has 2 rings (SSSR count). The average Bonchev–Trinajstić information content (AvgIpc) is 2.31. The van der Waals surface area contributed by atoms with Gasteiger partial charge in [-0.2, -0.15) is 0 Å². The van der Waals surface area contributed by atoms with Crippen LogP contribution in [0.5, 0.6) is 0 Å². The Hall–Kier alpha value is -1.67. The zero-order valence-electron chi connectivity index (χ0n) is 10.4. The molecule has 0 aliphatic rings. The Bertz CT molecular complexity index is 534. The van der Waals surface area contributed by atoms with E-state index < -0.39 is 6.10 Å². The summed E-state index contributed by atoms with van der Waals surface area (Å²) in [5.41, 5.74) is 5.06. The third kappa shape index (κ3) is 2.53. The van der Waals surface area contributed by atoms with E-state index in [9.17, 15) is 5.11 Å². The maximum Gasteiger partial charge on any atom is 0.104 e. The Morgan fingerprint density at radius 3 is 2.53 bits per heavy atom. The van der Waals surface area contributed by atoms with Crippen molar-refractivity contribution in [3.05, 3.63) is 64.5 Å². The van der Waals surface area contributed by atoms with E-state index in [-0.39, 0.29) is 0 Å². The van der Waals surface area contributed by atoms with Gasteiger partial charge in [0, 0.05) is 11.9 Å². The Labute approximate surface area is 102 Å². The van der Waals surface area contributed by atoms with E-state index >= 15 is 0 Å². The van der Waals surface area contributed by atoms with E-state index in [1.807, 2.05) is 45.0 Å². The van der Waals surface area contributed by atoms with Crippen LogP contribution in [0, 0.1) is 20.8 Å². The maximum absolute atomic E-state index is 10.4. The molecule has 0 bridgehead atoms.